The molecule has 2 aromatic carbocycles. The van der Waals surface area contributed by atoms with Crippen molar-refractivity contribution < 1.29 is 18.8 Å². The monoisotopic (exact) mass is 349 g/mol. The van der Waals surface area contributed by atoms with Crippen molar-refractivity contribution >= 4 is 35.7 Å². The number of nitrogens with zero attached hydrogens (tertiary/aromatic N) is 2. The van der Waals surface area contributed by atoms with Crippen molar-refractivity contribution in [1.29, 1.82) is 0 Å². The summed E-state index contributed by atoms with van der Waals surface area (Å²) >= 11 is 1.26. The van der Waals surface area contributed by atoms with Crippen LogP contribution in [0.15, 0.2) is 52.7 Å². The molecular weight excluding hydrogens is 335 g/mol. The van der Waals surface area contributed by atoms with Crippen LogP contribution in [0.5, 0.6) is 0 Å². The Hall–Kier alpha value is -2.23. The lowest BCUT2D eigenvalue weighted by Crippen LogP contribution is -2.33. The minimum atomic E-state index is -2.09. The number of hydrogen-bond acceptors (Lipinski definition) is 5. The minimum absolute atomic E-state index is 0.179. The number of thioether (sulfide) groups is 1. The molecule has 0 bridgehead atoms. The SMILES string of the molecule is NC(=NN=Cc1ccc(B(O)O)c(F)c1F)SCc1ccccc1. The van der Waals surface area contributed by atoms with E-state index in [9.17, 15) is 8.78 Å². The maximum Gasteiger partial charge on any atom is 0.491 e. The predicted molar refractivity (Wildman–Crippen MR) is 93.1 cm³/mol. The zero-order valence-electron chi connectivity index (χ0n) is 12.4. The molecule has 0 unspecified atom stereocenters. The molecule has 0 saturated heterocycles. The molecule has 124 valence electrons. The molecule has 0 fully saturated rings. The van der Waals surface area contributed by atoms with Gasteiger partial charge in [0.25, 0.3) is 0 Å². The predicted octanol–water partition coefficient (Wildman–Crippen LogP) is 1.23. The Balaban J connectivity index is 2.01. The highest BCUT2D eigenvalue weighted by molar-refractivity contribution is 8.13. The first kappa shape index (κ1) is 18.1. The molecule has 24 heavy (non-hydrogen) atoms. The Bertz CT molecular complexity index is 758. The molecule has 0 aliphatic heterocycles. The van der Waals surface area contributed by atoms with E-state index in [1.54, 1.807) is 0 Å². The summed E-state index contributed by atoms with van der Waals surface area (Å²) in [4.78, 5) is 0. The molecule has 9 heteroatoms. The van der Waals surface area contributed by atoms with Crippen LogP contribution in [0.4, 0.5) is 8.78 Å². The lowest BCUT2D eigenvalue weighted by molar-refractivity contribution is 0.420. The first-order valence-electron chi connectivity index (χ1n) is 6.86. The van der Waals surface area contributed by atoms with E-state index in [4.69, 9.17) is 15.8 Å². The molecule has 0 radical (unpaired) electrons. The van der Waals surface area contributed by atoms with Gasteiger partial charge in [0.1, 0.15) is 0 Å². The Morgan fingerprint density at radius 3 is 2.50 bits per heavy atom. The molecular formula is C15H14BF2N3O2S. The summed E-state index contributed by atoms with van der Waals surface area (Å²) in [5.41, 5.74) is 6.02. The van der Waals surface area contributed by atoms with Gasteiger partial charge >= 0.3 is 7.12 Å². The van der Waals surface area contributed by atoms with Gasteiger partial charge in [-0.1, -0.05) is 54.2 Å². The van der Waals surface area contributed by atoms with Crippen LogP contribution >= 0.6 is 11.8 Å². The van der Waals surface area contributed by atoms with Crippen LogP contribution in [0.1, 0.15) is 11.1 Å². The van der Waals surface area contributed by atoms with Crippen molar-refractivity contribution in [3.63, 3.8) is 0 Å². The van der Waals surface area contributed by atoms with Gasteiger partial charge in [-0.25, -0.2) is 8.78 Å². The quantitative estimate of drug-likeness (QED) is 0.328. The van der Waals surface area contributed by atoms with E-state index in [1.807, 2.05) is 30.3 Å². The van der Waals surface area contributed by atoms with Crippen molar-refractivity contribution in [2.45, 2.75) is 5.75 Å². The van der Waals surface area contributed by atoms with Crippen LogP contribution in [0.3, 0.4) is 0 Å². The van der Waals surface area contributed by atoms with Gasteiger partial charge in [0.15, 0.2) is 16.8 Å². The van der Waals surface area contributed by atoms with Gasteiger partial charge < -0.3 is 15.8 Å². The summed E-state index contributed by atoms with van der Waals surface area (Å²) in [5.74, 6) is -1.97. The smallest absolute Gasteiger partial charge is 0.423 e. The van der Waals surface area contributed by atoms with E-state index < -0.39 is 24.2 Å². The summed E-state index contributed by atoms with van der Waals surface area (Å²) < 4.78 is 27.3. The van der Waals surface area contributed by atoms with E-state index in [2.05, 4.69) is 10.2 Å². The highest BCUT2D eigenvalue weighted by Gasteiger charge is 2.20. The van der Waals surface area contributed by atoms with Gasteiger partial charge in [0.2, 0.25) is 0 Å². The van der Waals surface area contributed by atoms with E-state index in [1.165, 1.54) is 17.8 Å². The fourth-order valence-corrected chi connectivity index (χ4v) is 2.40. The van der Waals surface area contributed by atoms with Crippen molar-refractivity contribution in [3.8, 4) is 0 Å². The van der Waals surface area contributed by atoms with Crippen LogP contribution in [-0.4, -0.2) is 28.5 Å². The second kappa shape index (κ2) is 8.58. The average Bonchev–Trinajstić information content (AvgIpc) is 2.57. The summed E-state index contributed by atoms with van der Waals surface area (Å²) in [5, 5.41) is 25.3. The first-order valence-corrected chi connectivity index (χ1v) is 7.85. The first-order chi connectivity index (χ1) is 11.5. The molecule has 0 aromatic heterocycles. The highest BCUT2D eigenvalue weighted by Crippen LogP contribution is 2.12. The number of nitrogens with two attached hydrogens (primary N) is 1. The fourth-order valence-electron chi connectivity index (χ4n) is 1.79. The summed E-state index contributed by atoms with van der Waals surface area (Å²) in [6.07, 6.45) is 1.00. The van der Waals surface area contributed by atoms with Crippen LogP contribution in [-0.2, 0) is 5.75 Å². The Kier molecular flexibility index (Phi) is 6.48. The van der Waals surface area contributed by atoms with E-state index in [0.717, 1.165) is 17.8 Å². The molecule has 0 amide bonds. The zero-order valence-corrected chi connectivity index (χ0v) is 13.3. The molecule has 0 aliphatic rings. The summed E-state index contributed by atoms with van der Waals surface area (Å²) in [6, 6.07) is 11.8. The number of rotatable bonds is 5. The van der Waals surface area contributed by atoms with E-state index in [0.29, 0.717) is 5.75 Å². The van der Waals surface area contributed by atoms with Gasteiger partial charge in [-0.15, -0.1) is 5.10 Å². The summed E-state index contributed by atoms with van der Waals surface area (Å²) in [6.45, 7) is 0. The molecule has 2 aromatic rings. The second-order valence-corrected chi connectivity index (χ2v) is 5.70. The highest BCUT2D eigenvalue weighted by atomic mass is 32.2. The Morgan fingerprint density at radius 2 is 1.83 bits per heavy atom. The maximum absolute atomic E-state index is 13.7. The molecule has 2 rings (SSSR count). The Morgan fingerprint density at radius 1 is 1.12 bits per heavy atom. The number of amidine groups is 1. The van der Waals surface area contributed by atoms with Crippen molar-refractivity contribution in [3.05, 3.63) is 65.2 Å². The maximum atomic E-state index is 13.7. The number of hydrogen-bond donors (Lipinski definition) is 3. The normalized spacial score (nSPS) is 11.9. The van der Waals surface area contributed by atoms with Gasteiger partial charge in [-0.3, -0.25) is 0 Å². The molecule has 0 aliphatic carbocycles. The second-order valence-electron chi connectivity index (χ2n) is 4.70. The lowest BCUT2D eigenvalue weighted by Gasteiger charge is -2.04. The van der Waals surface area contributed by atoms with Gasteiger partial charge in [0, 0.05) is 16.8 Å². The molecule has 0 atom stereocenters. The largest absolute Gasteiger partial charge is 0.491 e. The molecule has 5 nitrogen and oxygen atoms in total. The molecule has 0 heterocycles. The van der Waals surface area contributed by atoms with Crippen molar-refractivity contribution in [1.82, 2.24) is 0 Å². The third-order valence-electron chi connectivity index (χ3n) is 3.00. The zero-order chi connectivity index (χ0) is 17.5. The van der Waals surface area contributed by atoms with Crippen LogP contribution in [0, 0.1) is 11.6 Å². The molecule has 0 spiro atoms. The lowest BCUT2D eigenvalue weighted by atomic mass is 9.79. The number of benzene rings is 2. The van der Waals surface area contributed by atoms with Crippen molar-refractivity contribution in [2.24, 2.45) is 15.9 Å². The number of halogens is 2. The minimum Gasteiger partial charge on any atom is -0.423 e. The van der Waals surface area contributed by atoms with E-state index >= 15 is 0 Å². The van der Waals surface area contributed by atoms with Gasteiger partial charge in [0.05, 0.1) is 6.21 Å². The summed E-state index contributed by atoms with van der Waals surface area (Å²) in [7, 11) is -2.09. The fraction of sp³-hybridized carbons (Fsp3) is 0.0667. The standard InChI is InChI=1S/C15H14BF2N3O2S/c17-13-11(6-7-12(14(13)18)16(22)23)8-20-21-15(19)24-9-10-4-2-1-3-5-10/h1-8,22-23H,9H2,(H2,19,21). The van der Waals surface area contributed by atoms with E-state index in [-0.39, 0.29) is 10.7 Å². The molecule has 4 N–H and O–H groups in total. The van der Waals surface area contributed by atoms with Gasteiger partial charge in [-0.05, 0) is 5.56 Å². The van der Waals surface area contributed by atoms with Crippen LogP contribution in [0.25, 0.3) is 0 Å². The van der Waals surface area contributed by atoms with Crippen LogP contribution < -0.4 is 11.2 Å². The van der Waals surface area contributed by atoms with Crippen LogP contribution in [0.2, 0.25) is 0 Å². The Labute approximate surface area is 142 Å². The topological polar surface area (TPSA) is 91.2 Å². The molecule has 0 saturated carbocycles. The van der Waals surface area contributed by atoms with Gasteiger partial charge in [-0.2, -0.15) is 5.10 Å². The average molecular weight is 349 g/mol. The third-order valence-corrected chi connectivity index (χ3v) is 3.86. The van der Waals surface area contributed by atoms with Crippen molar-refractivity contribution in [2.75, 3.05) is 0 Å². The third kappa shape index (κ3) is 4.88.